The molecule has 0 spiro atoms. The molecule has 0 amide bonds. The van der Waals surface area contributed by atoms with Crippen LogP contribution in [0.5, 0.6) is 0 Å². The molecule has 1 unspecified atom stereocenters. The van der Waals surface area contributed by atoms with Crippen molar-refractivity contribution in [2.24, 2.45) is 0 Å². The van der Waals surface area contributed by atoms with Gasteiger partial charge in [-0.15, -0.1) is 0 Å². The Labute approximate surface area is 109 Å². The van der Waals surface area contributed by atoms with Crippen LogP contribution in [0.15, 0.2) is 46.4 Å². The van der Waals surface area contributed by atoms with Crippen LogP contribution < -0.4 is 5.32 Å². The number of furan rings is 1. The number of rotatable bonds is 5. The third-order valence-corrected chi connectivity index (χ3v) is 2.87. The fraction of sp³-hybridized carbons (Fsp3) is 0.375. The summed E-state index contributed by atoms with van der Waals surface area (Å²) in [5.74, 6) is 0.992. The quantitative estimate of drug-likeness (QED) is 0.785. The van der Waals surface area contributed by atoms with Gasteiger partial charge in [-0.25, -0.2) is 0 Å². The van der Waals surface area contributed by atoms with Gasteiger partial charge in [0.1, 0.15) is 11.3 Å². The molecule has 2 rings (SSSR count). The summed E-state index contributed by atoms with van der Waals surface area (Å²) in [6.07, 6.45) is 3.33. The van der Waals surface area contributed by atoms with Gasteiger partial charge in [0, 0.05) is 5.39 Å². The molecular weight excluding hydrogens is 222 g/mol. The predicted molar refractivity (Wildman–Crippen MR) is 76.7 cm³/mol. The molecule has 1 heterocycles. The summed E-state index contributed by atoms with van der Waals surface area (Å²) in [7, 11) is 0. The van der Waals surface area contributed by atoms with Gasteiger partial charge in [0.15, 0.2) is 0 Å². The number of hydrogen-bond acceptors (Lipinski definition) is 2. The molecule has 0 aliphatic heterocycles. The number of benzene rings is 1. The Hall–Kier alpha value is -1.54. The SMILES string of the molecule is CCCNC(C=C(C)C)c1cc2ccccc2o1. The lowest BCUT2D eigenvalue weighted by Crippen LogP contribution is -2.20. The Balaban J connectivity index is 2.31. The van der Waals surface area contributed by atoms with E-state index in [9.17, 15) is 0 Å². The number of para-hydroxylation sites is 1. The molecule has 0 saturated carbocycles. The third-order valence-electron chi connectivity index (χ3n) is 2.87. The zero-order chi connectivity index (χ0) is 13.0. The summed E-state index contributed by atoms with van der Waals surface area (Å²) in [6, 6.07) is 10.4. The van der Waals surface area contributed by atoms with Gasteiger partial charge in [0.2, 0.25) is 0 Å². The summed E-state index contributed by atoms with van der Waals surface area (Å²) in [5, 5.41) is 4.67. The summed E-state index contributed by atoms with van der Waals surface area (Å²) in [6.45, 7) is 7.39. The van der Waals surface area contributed by atoms with Crippen molar-refractivity contribution >= 4 is 11.0 Å². The minimum Gasteiger partial charge on any atom is -0.459 e. The number of allylic oxidation sites excluding steroid dienone is 1. The number of hydrogen-bond donors (Lipinski definition) is 1. The van der Waals surface area contributed by atoms with E-state index in [2.05, 4.69) is 44.3 Å². The molecule has 0 aliphatic rings. The first-order valence-corrected chi connectivity index (χ1v) is 6.57. The van der Waals surface area contributed by atoms with Crippen LogP contribution in [0, 0.1) is 0 Å². The Morgan fingerprint density at radius 3 is 2.78 bits per heavy atom. The van der Waals surface area contributed by atoms with Crippen LogP contribution in [0.25, 0.3) is 11.0 Å². The van der Waals surface area contributed by atoms with E-state index in [1.165, 1.54) is 5.57 Å². The molecule has 1 aromatic carbocycles. The Morgan fingerprint density at radius 1 is 1.33 bits per heavy atom. The van der Waals surface area contributed by atoms with E-state index in [0.717, 1.165) is 29.7 Å². The molecule has 2 aromatic rings. The lowest BCUT2D eigenvalue weighted by molar-refractivity contribution is 0.476. The van der Waals surface area contributed by atoms with Gasteiger partial charge >= 0.3 is 0 Å². The Kier molecular flexibility index (Phi) is 4.21. The summed E-state index contributed by atoms with van der Waals surface area (Å²) in [4.78, 5) is 0. The maximum Gasteiger partial charge on any atom is 0.134 e. The molecule has 2 nitrogen and oxygen atoms in total. The fourth-order valence-corrected chi connectivity index (χ4v) is 2.03. The zero-order valence-corrected chi connectivity index (χ0v) is 11.4. The average molecular weight is 243 g/mol. The van der Waals surface area contributed by atoms with E-state index < -0.39 is 0 Å². The molecule has 0 bridgehead atoms. The van der Waals surface area contributed by atoms with Crippen LogP contribution in [0.3, 0.4) is 0 Å². The normalized spacial score (nSPS) is 12.6. The van der Waals surface area contributed by atoms with Crippen LogP contribution in [0.2, 0.25) is 0 Å². The summed E-state index contributed by atoms with van der Waals surface area (Å²) < 4.78 is 5.92. The van der Waals surface area contributed by atoms with Gasteiger partial charge in [-0.2, -0.15) is 0 Å². The molecule has 0 fully saturated rings. The summed E-state index contributed by atoms with van der Waals surface area (Å²) in [5.41, 5.74) is 2.25. The molecular formula is C16H21NO. The zero-order valence-electron chi connectivity index (χ0n) is 11.4. The third kappa shape index (κ3) is 3.02. The molecule has 0 radical (unpaired) electrons. The van der Waals surface area contributed by atoms with E-state index in [1.807, 2.05) is 18.2 Å². The molecule has 18 heavy (non-hydrogen) atoms. The molecule has 1 atom stereocenters. The van der Waals surface area contributed by atoms with Gasteiger partial charge in [-0.3, -0.25) is 0 Å². The van der Waals surface area contributed by atoms with Crippen molar-refractivity contribution in [1.29, 1.82) is 0 Å². The van der Waals surface area contributed by atoms with E-state index >= 15 is 0 Å². The average Bonchev–Trinajstić information content (AvgIpc) is 2.77. The summed E-state index contributed by atoms with van der Waals surface area (Å²) >= 11 is 0. The van der Waals surface area contributed by atoms with Crippen molar-refractivity contribution in [3.8, 4) is 0 Å². The molecule has 0 aliphatic carbocycles. The van der Waals surface area contributed by atoms with E-state index in [4.69, 9.17) is 4.42 Å². The highest BCUT2D eigenvalue weighted by atomic mass is 16.3. The smallest absolute Gasteiger partial charge is 0.134 e. The first-order chi connectivity index (χ1) is 8.70. The van der Waals surface area contributed by atoms with Crippen molar-refractivity contribution in [3.05, 3.63) is 47.7 Å². The second-order valence-corrected chi connectivity index (χ2v) is 4.86. The highest BCUT2D eigenvalue weighted by Crippen LogP contribution is 2.25. The number of fused-ring (bicyclic) bond motifs is 1. The lowest BCUT2D eigenvalue weighted by Gasteiger charge is -2.12. The minimum absolute atomic E-state index is 0.169. The predicted octanol–water partition coefficient (Wildman–Crippen LogP) is 4.44. The first-order valence-electron chi connectivity index (χ1n) is 6.57. The van der Waals surface area contributed by atoms with Gasteiger partial charge < -0.3 is 9.73 Å². The fourth-order valence-electron chi connectivity index (χ4n) is 2.03. The first kappa shape index (κ1) is 12.9. The highest BCUT2D eigenvalue weighted by molar-refractivity contribution is 5.77. The van der Waals surface area contributed by atoms with E-state index in [0.29, 0.717) is 0 Å². The van der Waals surface area contributed by atoms with Crippen molar-refractivity contribution in [1.82, 2.24) is 5.32 Å². The van der Waals surface area contributed by atoms with Crippen molar-refractivity contribution < 1.29 is 4.42 Å². The maximum atomic E-state index is 5.92. The Morgan fingerprint density at radius 2 is 2.11 bits per heavy atom. The van der Waals surface area contributed by atoms with Crippen LogP contribution in [-0.2, 0) is 0 Å². The van der Waals surface area contributed by atoms with E-state index in [-0.39, 0.29) is 6.04 Å². The topological polar surface area (TPSA) is 25.2 Å². The van der Waals surface area contributed by atoms with Gasteiger partial charge in [0.25, 0.3) is 0 Å². The van der Waals surface area contributed by atoms with Gasteiger partial charge in [0.05, 0.1) is 6.04 Å². The molecule has 96 valence electrons. The van der Waals surface area contributed by atoms with Crippen LogP contribution in [0.4, 0.5) is 0 Å². The van der Waals surface area contributed by atoms with Crippen LogP contribution in [-0.4, -0.2) is 6.54 Å². The molecule has 0 saturated heterocycles. The lowest BCUT2D eigenvalue weighted by atomic mass is 10.1. The van der Waals surface area contributed by atoms with Gasteiger partial charge in [-0.05, 0) is 38.9 Å². The van der Waals surface area contributed by atoms with E-state index in [1.54, 1.807) is 0 Å². The van der Waals surface area contributed by atoms with Gasteiger partial charge in [-0.1, -0.05) is 36.8 Å². The standard InChI is InChI=1S/C16H21NO/c1-4-9-17-14(10-12(2)3)16-11-13-7-5-6-8-15(13)18-16/h5-8,10-11,14,17H,4,9H2,1-3H3. The number of nitrogens with one attached hydrogen (secondary N) is 1. The minimum atomic E-state index is 0.169. The molecule has 1 aromatic heterocycles. The molecule has 1 N–H and O–H groups in total. The van der Waals surface area contributed by atoms with Crippen molar-refractivity contribution in [2.75, 3.05) is 6.54 Å². The Bertz CT molecular complexity index is 502. The largest absolute Gasteiger partial charge is 0.459 e. The maximum absolute atomic E-state index is 5.92. The monoisotopic (exact) mass is 243 g/mol. The second kappa shape index (κ2) is 5.87. The highest BCUT2D eigenvalue weighted by Gasteiger charge is 2.12. The van der Waals surface area contributed by atoms with Crippen LogP contribution in [0.1, 0.15) is 39.0 Å². The molecule has 2 heteroatoms. The van der Waals surface area contributed by atoms with Crippen LogP contribution >= 0.6 is 0 Å². The van der Waals surface area contributed by atoms with Crippen molar-refractivity contribution in [2.45, 2.75) is 33.2 Å². The second-order valence-electron chi connectivity index (χ2n) is 4.86. The van der Waals surface area contributed by atoms with Crippen molar-refractivity contribution in [3.63, 3.8) is 0 Å².